The van der Waals surface area contributed by atoms with Gasteiger partial charge in [-0.05, 0) is 24.5 Å². The number of benzene rings is 1. The van der Waals surface area contributed by atoms with Crippen LogP contribution in [0.25, 0.3) is 0 Å². The van der Waals surface area contributed by atoms with E-state index in [2.05, 4.69) is 20.9 Å². The first kappa shape index (κ1) is 25.4. The van der Waals surface area contributed by atoms with Crippen LogP contribution in [0.1, 0.15) is 47.2 Å². The number of rotatable bonds is 4. The lowest BCUT2D eigenvalue weighted by Gasteiger charge is -2.44. The van der Waals surface area contributed by atoms with Crippen molar-refractivity contribution in [1.82, 2.24) is 20.9 Å². The number of nitrogens with zero attached hydrogens (tertiary/aromatic N) is 3. The average molecular weight is 548 g/mol. The van der Waals surface area contributed by atoms with Crippen molar-refractivity contribution in [2.75, 3.05) is 13.1 Å². The lowest BCUT2D eigenvalue weighted by molar-refractivity contribution is -0.623. The van der Waals surface area contributed by atoms with Crippen LogP contribution >= 0.6 is 0 Å². The van der Waals surface area contributed by atoms with Crippen LogP contribution in [-0.4, -0.2) is 92.0 Å². The molecular weight excluding hydrogens is 518 g/mol. The summed E-state index contributed by atoms with van der Waals surface area (Å²) in [4.78, 5) is 43.3. The summed E-state index contributed by atoms with van der Waals surface area (Å²) in [6.07, 6.45) is 0.428. The highest BCUT2D eigenvalue weighted by atomic mass is 19.3. The van der Waals surface area contributed by atoms with E-state index >= 15 is 0 Å². The van der Waals surface area contributed by atoms with Gasteiger partial charge in [0.25, 0.3) is 11.8 Å². The molecule has 208 valence electrons. The van der Waals surface area contributed by atoms with E-state index in [1.807, 2.05) is 0 Å². The Bertz CT molecular complexity index is 1350. The molecule has 2 saturated heterocycles. The number of nitrogens with one attached hydrogen (secondary N) is 3. The van der Waals surface area contributed by atoms with Crippen molar-refractivity contribution >= 4 is 29.6 Å². The van der Waals surface area contributed by atoms with Crippen LogP contribution in [0.2, 0.25) is 0 Å². The van der Waals surface area contributed by atoms with Gasteiger partial charge >= 0.3 is 5.96 Å². The number of hydrogen-bond acceptors (Lipinski definition) is 10. The second kappa shape index (κ2) is 8.32. The topological polar surface area (TPSA) is 198 Å². The number of amides is 3. The number of hydrogen-bond donors (Lipinski definition) is 7. The maximum atomic E-state index is 14.9. The number of carbonyl (C=O) groups is 3. The highest BCUT2D eigenvalue weighted by molar-refractivity contribution is 6.02. The van der Waals surface area contributed by atoms with E-state index in [0.29, 0.717) is 12.0 Å². The van der Waals surface area contributed by atoms with Crippen molar-refractivity contribution in [1.29, 1.82) is 0 Å². The zero-order chi connectivity index (χ0) is 27.9. The zero-order valence-corrected chi connectivity index (χ0v) is 20.8. The summed E-state index contributed by atoms with van der Waals surface area (Å²) in [5, 5.41) is 31.4. The largest absolute Gasteiger partial charge is 0.370 e. The first-order chi connectivity index (χ1) is 18.4. The molecule has 15 heteroatoms. The third-order valence-electron chi connectivity index (χ3n) is 8.41. The van der Waals surface area contributed by atoms with E-state index < -0.39 is 47.8 Å². The molecule has 4 aliphatic heterocycles. The van der Waals surface area contributed by atoms with Gasteiger partial charge in [-0.3, -0.25) is 30.3 Å². The molecule has 13 nitrogen and oxygen atoms in total. The Kier molecular flexibility index (Phi) is 5.43. The number of aryl methyl sites for hydroxylation is 1. The number of aliphatic hydroxyl groups is 2. The van der Waals surface area contributed by atoms with Gasteiger partial charge in [0.15, 0.2) is 5.96 Å². The highest BCUT2D eigenvalue weighted by Gasteiger charge is 2.75. The molecular formula is C24H29F2N8O5+. The third-order valence-corrected chi connectivity index (χ3v) is 8.41. The van der Waals surface area contributed by atoms with Crippen molar-refractivity contribution in [2.24, 2.45) is 16.5 Å². The van der Waals surface area contributed by atoms with Gasteiger partial charge in [0.2, 0.25) is 23.3 Å². The molecule has 0 radical (unpaired) electrons. The van der Waals surface area contributed by atoms with Gasteiger partial charge in [0.05, 0.1) is 13.1 Å². The SMILES string of the molecule is NC1=N[C@H]2[C@H](CN3C(=O)CCC3=O)NC(N)=[N+]3CC(NC(=O)c4cccc5c4C(F)(F)CCC5)C(O)(O)[C@]23N1. The predicted molar refractivity (Wildman–Crippen MR) is 130 cm³/mol. The van der Waals surface area contributed by atoms with Gasteiger partial charge in [-0.15, -0.1) is 0 Å². The van der Waals surface area contributed by atoms with Crippen LogP contribution in [0.4, 0.5) is 8.78 Å². The Hall–Kier alpha value is -3.85. The normalized spacial score (nSPS) is 32.2. The smallest absolute Gasteiger partial charge is 0.346 e. The molecule has 1 aliphatic carbocycles. The molecule has 4 heterocycles. The molecule has 3 amide bonds. The predicted octanol–water partition coefficient (Wildman–Crippen LogP) is -2.66. The molecule has 0 saturated carbocycles. The lowest BCUT2D eigenvalue weighted by atomic mass is 9.84. The number of aliphatic imine (C=N–C) groups is 1. The summed E-state index contributed by atoms with van der Waals surface area (Å²) in [6.45, 7) is -0.404. The molecule has 5 aliphatic rings. The number of carbonyl (C=O) groups excluding carboxylic acids is 3. The minimum atomic E-state index is -3.21. The van der Waals surface area contributed by atoms with Crippen LogP contribution in [-0.2, 0) is 21.9 Å². The fourth-order valence-electron chi connectivity index (χ4n) is 6.62. The van der Waals surface area contributed by atoms with Gasteiger partial charge in [-0.2, -0.15) is 0 Å². The molecule has 2 fully saturated rings. The van der Waals surface area contributed by atoms with Crippen molar-refractivity contribution in [3.05, 3.63) is 34.9 Å². The molecule has 1 aromatic rings. The summed E-state index contributed by atoms with van der Waals surface area (Å²) in [6, 6.07) is 1.00. The van der Waals surface area contributed by atoms with E-state index in [1.165, 1.54) is 16.7 Å². The van der Waals surface area contributed by atoms with Crippen molar-refractivity contribution in [3.8, 4) is 0 Å². The molecule has 1 aromatic carbocycles. The van der Waals surface area contributed by atoms with Gasteiger partial charge in [-0.1, -0.05) is 12.1 Å². The maximum absolute atomic E-state index is 14.9. The molecule has 0 bridgehead atoms. The number of halogens is 2. The summed E-state index contributed by atoms with van der Waals surface area (Å²) in [5.41, 5.74) is 10.1. The monoisotopic (exact) mass is 547 g/mol. The fourth-order valence-corrected chi connectivity index (χ4v) is 6.62. The minimum Gasteiger partial charge on any atom is -0.370 e. The van der Waals surface area contributed by atoms with Crippen LogP contribution in [0.5, 0.6) is 0 Å². The molecule has 0 aromatic heterocycles. The number of fused-ring (bicyclic) bond motifs is 1. The quantitative estimate of drug-likeness (QED) is 0.119. The van der Waals surface area contributed by atoms with Crippen LogP contribution in [0, 0.1) is 0 Å². The Labute approximate surface area is 220 Å². The maximum Gasteiger partial charge on any atom is 0.346 e. The minimum absolute atomic E-state index is 0.0411. The van der Waals surface area contributed by atoms with E-state index in [-0.39, 0.29) is 67.2 Å². The number of imide groups is 1. The second-order valence-corrected chi connectivity index (χ2v) is 10.6. The Morgan fingerprint density at radius 3 is 2.64 bits per heavy atom. The van der Waals surface area contributed by atoms with Crippen molar-refractivity contribution in [2.45, 2.75) is 67.6 Å². The van der Waals surface area contributed by atoms with Crippen LogP contribution in [0.15, 0.2) is 23.2 Å². The number of guanidine groups is 2. The Balaban J connectivity index is 1.33. The molecule has 1 unspecified atom stereocenters. The molecule has 1 spiro atoms. The zero-order valence-electron chi connectivity index (χ0n) is 20.8. The molecule has 9 N–H and O–H groups in total. The summed E-state index contributed by atoms with van der Waals surface area (Å²) in [5.74, 6) is -7.83. The lowest BCUT2D eigenvalue weighted by Crippen LogP contribution is -2.79. The molecule has 39 heavy (non-hydrogen) atoms. The first-order valence-electron chi connectivity index (χ1n) is 12.7. The Morgan fingerprint density at radius 1 is 1.21 bits per heavy atom. The third kappa shape index (κ3) is 3.52. The first-order valence-corrected chi connectivity index (χ1v) is 12.7. The van der Waals surface area contributed by atoms with Gasteiger partial charge in [0.1, 0.15) is 18.1 Å². The summed E-state index contributed by atoms with van der Waals surface area (Å²) < 4.78 is 31.1. The van der Waals surface area contributed by atoms with E-state index in [4.69, 9.17) is 11.5 Å². The number of nitrogens with two attached hydrogens (primary N) is 2. The van der Waals surface area contributed by atoms with Crippen LogP contribution in [0.3, 0.4) is 0 Å². The van der Waals surface area contributed by atoms with E-state index in [9.17, 15) is 33.4 Å². The average Bonchev–Trinajstić information content (AvgIpc) is 3.46. The van der Waals surface area contributed by atoms with E-state index in [1.54, 1.807) is 6.07 Å². The van der Waals surface area contributed by atoms with Gasteiger partial charge in [-0.25, -0.2) is 18.3 Å². The standard InChI is InChI=1S/C24H28F2N8O5/c25-22(26)8-2-4-11-3-1-5-12(17(11)22)19(37)30-14-10-34-21(28)29-13(9-33-15(35)6-7-16(33)36)18-23(34,24(14,38)39)32-20(27)31-18/h1,3,5,13-14,18,38-39H,2,4,6-10H2,(H6,27,28,29,30,31,32,37)/p+1/t13-,14?,18-,23-/m0/s1. The number of likely N-dealkylation sites (tertiary alicyclic amines) is 1. The molecule has 6 rings (SSSR count). The highest BCUT2D eigenvalue weighted by Crippen LogP contribution is 2.44. The number of alkyl halides is 2. The van der Waals surface area contributed by atoms with Crippen molar-refractivity contribution < 1.29 is 38.0 Å². The van der Waals surface area contributed by atoms with Crippen LogP contribution < -0.4 is 27.4 Å². The van der Waals surface area contributed by atoms with Crippen molar-refractivity contribution in [3.63, 3.8) is 0 Å². The fraction of sp³-hybridized carbons (Fsp3) is 0.542. The van der Waals surface area contributed by atoms with E-state index in [0.717, 1.165) is 4.90 Å². The van der Waals surface area contributed by atoms with Gasteiger partial charge < -0.3 is 26.6 Å². The second-order valence-electron chi connectivity index (χ2n) is 10.6. The summed E-state index contributed by atoms with van der Waals surface area (Å²) >= 11 is 0. The van der Waals surface area contributed by atoms with Gasteiger partial charge in [0, 0.05) is 30.4 Å². The Morgan fingerprint density at radius 2 is 1.92 bits per heavy atom. The summed E-state index contributed by atoms with van der Waals surface area (Å²) in [7, 11) is 0. The molecule has 4 atom stereocenters.